The third-order valence-electron chi connectivity index (χ3n) is 3.47. The smallest absolute Gasteiger partial charge is 0.349 e. The maximum Gasteiger partial charge on any atom is 0.434 e. The highest BCUT2D eigenvalue weighted by Crippen LogP contribution is 2.34. The van der Waals surface area contributed by atoms with E-state index in [1.807, 2.05) is 6.92 Å². The Morgan fingerprint density at radius 3 is 2.45 bits per heavy atom. The van der Waals surface area contributed by atoms with Gasteiger partial charge in [0, 0.05) is 6.04 Å². The molecule has 116 valence electrons. The summed E-state index contributed by atoms with van der Waals surface area (Å²) in [6.45, 7) is 1.84. The van der Waals surface area contributed by atoms with E-state index in [-0.39, 0.29) is 11.7 Å². The van der Waals surface area contributed by atoms with Crippen molar-refractivity contribution >= 4 is 5.91 Å². The van der Waals surface area contributed by atoms with Crippen LogP contribution in [0.5, 0.6) is 0 Å². The lowest BCUT2D eigenvalue weighted by Gasteiger charge is -2.13. The molecule has 7 heteroatoms. The number of hydrogen-bond acceptors (Lipinski definition) is 2. The van der Waals surface area contributed by atoms with Gasteiger partial charge in [0.25, 0.3) is 5.91 Å². The molecule has 0 aliphatic heterocycles. The molecular formula is C15H14F3N3O. The standard InChI is InChI=1S/C15H14F3N3O/c1-9-2-6-11(7-3-9)21-13(15(16,17)18)12(8-19-21)14(22)20-10-4-5-10/h2-3,6-8,10H,4-5H2,1H3,(H,20,22). The number of hydrogen-bond donors (Lipinski definition) is 1. The highest BCUT2D eigenvalue weighted by atomic mass is 19.4. The first-order valence-electron chi connectivity index (χ1n) is 6.89. The number of rotatable bonds is 3. The van der Waals surface area contributed by atoms with Gasteiger partial charge in [-0.25, -0.2) is 4.68 Å². The largest absolute Gasteiger partial charge is 0.434 e. The van der Waals surface area contributed by atoms with Crippen LogP contribution in [0.1, 0.15) is 34.5 Å². The van der Waals surface area contributed by atoms with Gasteiger partial charge in [-0.3, -0.25) is 4.79 Å². The van der Waals surface area contributed by atoms with E-state index in [1.54, 1.807) is 24.3 Å². The molecule has 0 saturated heterocycles. The molecule has 2 aromatic rings. The van der Waals surface area contributed by atoms with Crippen LogP contribution in [0.2, 0.25) is 0 Å². The van der Waals surface area contributed by atoms with E-state index in [0.29, 0.717) is 0 Å². The molecule has 4 nitrogen and oxygen atoms in total. The first kappa shape index (κ1) is 14.6. The second-order valence-corrected chi connectivity index (χ2v) is 5.40. The minimum Gasteiger partial charge on any atom is -0.349 e. The summed E-state index contributed by atoms with van der Waals surface area (Å²) in [4.78, 5) is 12.0. The number of carbonyl (C=O) groups is 1. The lowest BCUT2D eigenvalue weighted by Crippen LogP contribution is -2.28. The molecule has 1 aromatic carbocycles. The summed E-state index contributed by atoms with van der Waals surface area (Å²) in [5, 5.41) is 6.33. The Hall–Kier alpha value is -2.31. The van der Waals surface area contributed by atoms with Crippen LogP contribution in [0.15, 0.2) is 30.5 Å². The summed E-state index contributed by atoms with van der Waals surface area (Å²) < 4.78 is 40.9. The molecule has 0 radical (unpaired) electrons. The Balaban J connectivity index is 2.04. The zero-order valence-electron chi connectivity index (χ0n) is 11.8. The van der Waals surface area contributed by atoms with Crippen molar-refractivity contribution in [2.45, 2.75) is 32.0 Å². The van der Waals surface area contributed by atoms with Gasteiger partial charge in [0.05, 0.1) is 17.4 Å². The molecule has 1 aliphatic carbocycles. The van der Waals surface area contributed by atoms with Gasteiger partial charge >= 0.3 is 6.18 Å². The van der Waals surface area contributed by atoms with Crippen molar-refractivity contribution in [3.63, 3.8) is 0 Å². The van der Waals surface area contributed by atoms with Crippen LogP contribution in [-0.2, 0) is 6.18 Å². The fourth-order valence-electron chi connectivity index (χ4n) is 2.16. The molecule has 0 bridgehead atoms. The predicted octanol–water partition coefficient (Wildman–Crippen LogP) is 3.09. The van der Waals surface area contributed by atoms with E-state index in [9.17, 15) is 18.0 Å². The fraction of sp³-hybridized carbons (Fsp3) is 0.333. The van der Waals surface area contributed by atoms with Crippen molar-refractivity contribution in [2.24, 2.45) is 0 Å². The molecule has 1 heterocycles. The normalized spacial score (nSPS) is 14.9. The number of amides is 1. The maximum atomic E-state index is 13.4. The second kappa shape index (κ2) is 5.15. The fourth-order valence-corrected chi connectivity index (χ4v) is 2.16. The van der Waals surface area contributed by atoms with Gasteiger partial charge in [-0.2, -0.15) is 18.3 Å². The van der Waals surface area contributed by atoms with Gasteiger partial charge in [0.1, 0.15) is 0 Å². The van der Waals surface area contributed by atoms with Crippen molar-refractivity contribution in [3.8, 4) is 5.69 Å². The number of nitrogens with one attached hydrogen (secondary N) is 1. The summed E-state index contributed by atoms with van der Waals surface area (Å²) in [6, 6.07) is 6.46. The van der Waals surface area contributed by atoms with E-state index in [0.717, 1.165) is 29.3 Å². The molecule has 22 heavy (non-hydrogen) atoms. The van der Waals surface area contributed by atoms with E-state index in [1.165, 1.54) is 0 Å². The highest BCUT2D eigenvalue weighted by molar-refractivity contribution is 5.95. The van der Waals surface area contributed by atoms with Crippen LogP contribution in [0.4, 0.5) is 13.2 Å². The monoisotopic (exact) mass is 309 g/mol. The summed E-state index contributed by atoms with van der Waals surface area (Å²) >= 11 is 0. The SMILES string of the molecule is Cc1ccc(-n2ncc(C(=O)NC3CC3)c2C(F)(F)F)cc1. The minimum absolute atomic E-state index is 0.0173. The molecule has 3 rings (SSSR count). The van der Waals surface area contributed by atoms with Crippen molar-refractivity contribution < 1.29 is 18.0 Å². The molecule has 0 unspecified atom stereocenters. The van der Waals surface area contributed by atoms with Crippen LogP contribution in [0, 0.1) is 6.92 Å². The number of carbonyl (C=O) groups excluding carboxylic acids is 1. The van der Waals surface area contributed by atoms with Crippen LogP contribution in [0.25, 0.3) is 5.69 Å². The zero-order valence-corrected chi connectivity index (χ0v) is 11.8. The Morgan fingerprint density at radius 2 is 1.91 bits per heavy atom. The summed E-state index contributed by atoms with van der Waals surface area (Å²) in [6.07, 6.45) is -2.09. The van der Waals surface area contributed by atoms with Crippen LogP contribution in [-0.4, -0.2) is 21.7 Å². The number of halogens is 3. The third kappa shape index (κ3) is 2.84. The van der Waals surface area contributed by atoms with Gasteiger partial charge in [-0.15, -0.1) is 0 Å². The molecule has 1 fully saturated rings. The van der Waals surface area contributed by atoms with Gasteiger partial charge in [0.2, 0.25) is 0 Å². The maximum absolute atomic E-state index is 13.4. The molecule has 0 atom stereocenters. The number of alkyl halides is 3. The van der Waals surface area contributed by atoms with Crippen molar-refractivity contribution in [1.29, 1.82) is 0 Å². The van der Waals surface area contributed by atoms with Gasteiger partial charge in [-0.05, 0) is 31.9 Å². The van der Waals surface area contributed by atoms with E-state index in [2.05, 4.69) is 10.4 Å². The molecular weight excluding hydrogens is 295 g/mol. The van der Waals surface area contributed by atoms with E-state index >= 15 is 0 Å². The number of nitrogens with zero attached hydrogens (tertiary/aromatic N) is 2. The topological polar surface area (TPSA) is 46.9 Å². The average molecular weight is 309 g/mol. The third-order valence-corrected chi connectivity index (χ3v) is 3.47. The Bertz CT molecular complexity index is 700. The molecule has 1 aromatic heterocycles. The van der Waals surface area contributed by atoms with Gasteiger partial charge < -0.3 is 5.32 Å². The second-order valence-electron chi connectivity index (χ2n) is 5.40. The van der Waals surface area contributed by atoms with Crippen molar-refractivity contribution in [1.82, 2.24) is 15.1 Å². The minimum atomic E-state index is -4.67. The first-order chi connectivity index (χ1) is 10.4. The van der Waals surface area contributed by atoms with Crippen LogP contribution < -0.4 is 5.32 Å². The van der Waals surface area contributed by atoms with Gasteiger partial charge in [-0.1, -0.05) is 17.7 Å². The Kier molecular flexibility index (Phi) is 3.42. The van der Waals surface area contributed by atoms with Crippen molar-refractivity contribution in [2.75, 3.05) is 0 Å². The summed E-state index contributed by atoms with van der Waals surface area (Å²) in [5.41, 5.74) is -0.297. The molecule has 1 saturated carbocycles. The Labute approximate surface area is 124 Å². The van der Waals surface area contributed by atoms with Crippen molar-refractivity contribution in [3.05, 3.63) is 47.3 Å². The first-order valence-corrected chi connectivity index (χ1v) is 6.89. The van der Waals surface area contributed by atoms with E-state index in [4.69, 9.17) is 0 Å². The number of aryl methyl sites for hydroxylation is 1. The van der Waals surface area contributed by atoms with Gasteiger partial charge in [0.15, 0.2) is 5.69 Å². The number of benzene rings is 1. The average Bonchev–Trinajstić information content (AvgIpc) is 3.13. The lowest BCUT2D eigenvalue weighted by molar-refractivity contribution is -0.143. The molecule has 1 aliphatic rings. The summed E-state index contributed by atoms with van der Waals surface area (Å²) in [7, 11) is 0. The van der Waals surface area contributed by atoms with E-state index < -0.39 is 23.3 Å². The van der Waals surface area contributed by atoms with Crippen LogP contribution in [0.3, 0.4) is 0 Å². The molecule has 1 amide bonds. The number of aromatic nitrogens is 2. The quantitative estimate of drug-likeness (QED) is 0.947. The Morgan fingerprint density at radius 1 is 1.27 bits per heavy atom. The zero-order chi connectivity index (χ0) is 15.9. The van der Waals surface area contributed by atoms with Crippen LogP contribution >= 0.6 is 0 Å². The predicted molar refractivity (Wildman–Crippen MR) is 73.8 cm³/mol. The highest BCUT2D eigenvalue weighted by Gasteiger charge is 2.41. The molecule has 1 N–H and O–H groups in total. The lowest BCUT2D eigenvalue weighted by atomic mass is 10.2. The summed E-state index contributed by atoms with van der Waals surface area (Å²) in [5.74, 6) is -0.729. The molecule has 0 spiro atoms.